The zero-order chi connectivity index (χ0) is 15.5. The van der Waals surface area contributed by atoms with E-state index >= 15 is 0 Å². The molecular formula is C15H18N2O3S. The van der Waals surface area contributed by atoms with Gasteiger partial charge in [-0.25, -0.2) is 8.42 Å². The molecule has 0 aliphatic carbocycles. The van der Waals surface area contributed by atoms with Gasteiger partial charge >= 0.3 is 0 Å². The van der Waals surface area contributed by atoms with Crippen molar-refractivity contribution < 1.29 is 13.2 Å². The minimum absolute atomic E-state index is 0.0384. The normalized spacial score (nSPS) is 19.9. The number of hydrogen-bond acceptors (Lipinski definition) is 4. The van der Waals surface area contributed by atoms with Crippen LogP contribution in [0.1, 0.15) is 35.7 Å². The van der Waals surface area contributed by atoms with E-state index in [9.17, 15) is 13.2 Å². The maximum atomic E-state index is 12.6. The van der Waals surface area contributed by atoms with E-state index in [4.69, 9.17) is 5.26 Å². The van der Waals surface area contributed by atoms with E-state index in [0.717, 1.165) is 6.42 Å². The molecule has 1 aliphatic rings. The monoisotopic (exact) mass is 306 g/mol. The number of nitriles is 1. The molecule has 1 atom stereocenters. The number of sulfone groups is 1. The highest BCUT2D eigenvalue weighted by Gasteiger charge is 2.34. The van der Waals surface area contributed by atoms with Crippen molar-refractivity contribution in [3.05, 3.63) is 35.4 Å². The van der Waals surface area contributed by atoms with Gasteiger partial charge in [0, 0.05) is 18.2 Å². The maximum absolute atomic E-state index is 12.6. The second-order valence-corrected chi connectivity index (χ2v) is 7.48. The molecular weight excluding hydrogens is 288 g/mol. The summed E-state index contributed by atoms with van der Waals surface area (Å²) in [7, 11) is -3.03. The summed E-state index contributed by atoms with van der Waals surface area (Å²) in [6.07, 6.45) is 1.26. The van der Waals surface area contributed by atoms with Gasteiger partial charge in [0.2, 0.25) is 0 Å². The topological polar surface area (TPSA) is 78.2 Å². The highest BCUT2D eigenvalue weighted by molar-refractivity contribution is 7.91. The molecule has 1 heterocycles. The van der Waals surface area contributed by atoms with Crippen LogP contribution < -0.4 is 0 Å². The molecule has 1 aromatic carbocycles. The molecule has 1 aliphatic heterocycles. The fraction of sp³-hybridized carbons (Fsp3) is 0.467. The fourth-order valence-electron chi connectivity index (χ4n) is 2.60. The first-order valence-electron chi connectivity index (χ1n) is 6.98. The zero-order valence-electron chi connectivity index (χ0n) is 11.9. The van der Waals surface area contributed by atoms with E-state index in [-0.39, 0.29) is 23.5 Å². The molecule has 1 fully saturated rings. The van der Waals surface area contributed by atoms with Gasteiger partial charge in [-0.05, 0) is 31.0 Å². The van der Waals surface area contributed by atoms with Gasteiger partial charge in [-0.15, -0.1) is 0 Å². The number of hydrogen-bond donors (Lipinski definition) is 0. The van der Waals surface area contributed by atoms with E-state index < -0.39 is 9.84 Å². The maximum Gasteiger partial charge on any atom is 0.254 e. The Bertz CT molecular complexity index is 676. The van der Waals surface area contributed by atoms with Gasteiger partial charge in [0.1, 0.15) is 0 Å². The highest BCUT2D eigenvalue weighted by atomic mass is 32.2. The first kappa shape index (κ1) is 15.5. The van der Waals surface area contributed by atoms with Gasteiger partial charge in [0.15, 0.2) is 9.84 Å². The summed E-state index contributed by atoms with van der Waals surface area (Å²) in [5, 5.41) is 8.91. The quantitative estimate of drug-likeness (QED) is 0.846. The number of nitrogens with zero attached hydrogens (tertiary/aromatic N) is 2. The van der Waals surface area contributed by atoms with E-state index in [1.165, 1.54) is 0 Å². The van der Waals surface area contributed by atoms with Crippen molar-refractivity contribution in [1.29, 1.82) is 5.26 Å². The Hall–Kier alpha value is -1.87. The lowest BCUT2D eigenvalue weighted by atomic mass is 10.1. The molecule has 2 rings (SSSR count). The lowest BCUT2D eigenvalue weighted by Gasteiger charge is -2.28. The Morgan fingerprint density at radius 1 is 1.48 bits per heavy atom. The summed E-state index contributed by atoms with van der Waals surface area (Å²) in [4.78, 5) is 14.3. The predicted molar refractivity (Wildman–Crippen MR) is 79.5 cm³/mol. The highest BCUT2D eigenvalue weighted by Crippen LogP contribution is 2.20. The van der Waals surface area contributed by atoms with Gasteiger partial charge in [0.05, 0.1) is 23.1 Å². The summed E-state index contributed by atoms with van der Waals surface area (Å²) >= 11 is 0. The van der Waals surface area contributed by atoms with Crippen LogP contribution in [0.5, 0.6) is 0 Å². The molecule has 0 spiro atoms. The number of amides is 1. The lowest BCUT2D eigenvalue weighted by Crippen LogP contribution is -2.41. The third kappa shape index (κ3) is 3.61. The van der Waals surface area contributed by atoms with E-state index in [1.54, 1.807) is 29.2 Å². The largest absolute Gasteiger partial charge is 0.335 e. The third-order valence-electron chi connectivity index (χ3n) is 3.61. The van der Waals surface area contributed by atoms with Crippen molar-refractivity contribution in [1.82, 2.24) is 4.90 Å². The summed E-state index contributed by atoms with van der Waals surface area (Å²) in [5.41, 5.74) is 0.864. The first-order valence-corrected chi connectivity index (χ1v) is 8.80. The average molecular weight is 306 g/mol. The van der Waals surface area contributed by atoms with Crippen LogP contribution in [-0.2, 0) is 9.84 Å². The first-order chi connectivity index (χ1) is 9.96. The molecule has 0 saturated carbocycles. The molecule has 6 heteroatoms. The van der Waals surface area contributed by atoms with Crippen LogP contribution >= 0.6 is 0 Å². The van der Waals surface area contributed by atoms with Crippen molar-refractivity contribution >= 4 is 15.7 Å². The van der Waals surface area contributed by atoms with Crippen LogP contribution in [0.3, 0.4) is 0 Å². The number of carbonyl (C=O) groups is 1. The van der Waals surface area contributed by atoms with Crippen molar-refractivity contribution in [2.24, 2.45) is 0 Å². The third-order valence-corrected chi connectivity index (χ3v) is 5.36. The van der Waals surface area contributed by atoms with Crippen LogP contribution in [0.25, 0.3) is 0 Å². The van der Waals surface area contributed by atoms with Crippen LogP contribution in [0, 0.1) is 11.3 Å². The standard InChI is InChI=1S/C15H18N2O3S/c1-2-7-17(14-6-8-21(19,20)11-14)15(18)13-5-3-4-12(9-13)10-16/h3-5,9,14H,2,6-8,11H2,1H3/t14-/m0/s1. The summed E-state index contributed by atoms with van der Waals surface area (Å²) in [6, 6.07) is 8.27. The smallest absolute Gasteiger partial charge is 0.254 e. The van der Waals surface area contributed by atoms with E-state index in [1.807, 2.05) is 13.0 Å². The Kier molecular flexibility index (Phi) is 4.63. The average Bonchev–Trinajstić information content (AvgIpc) is 2.84. The Morgan fingerprint density at radius 3 is 2.81 bits per heavy atom. The number of carbonyl (C=O) groups excluding carboxylic acids is 1. The molecule has 21 heavy (non-hydrogen) atoms. The SMILES string of the molecule is CCCN(C(=O)c1cccc(C#N)c1)[C@H]1CCS(=O)(=O)C1. The van der Waals surface area contributed by atoms with Gasteiger partial charge in [-0.1, -0.05) is 13.0 Å². The molecule has 1 amide bonds. The van der Waals surface area contributed by atoms with Crippen LogP contribution in [-0.4, -0.2) is 43.3 Å². The van der Waals surface area contributed by atoms with Crippen LogP contribution in [0.15, 0.2) is 24.3 Å². The summed E-state index contributed by atoms with van der Waals surface area (Å²) < 4.78 is 23.3. The van der Waals surface area contributed by atoms with E-state index in [2.05, 4.69) is 0 Å². The summed E-state index contributed by atoms with van der Waals surface area (Å²) in [5.74, 6) is -0.0175. The van der Waals surface area contributed by atoms with E-state index in [0.29, 0.717) is 24.1 Å². The van der Waals surface area contributed by atoms with Gasteiger partial charge in [0.25, 0.3) is 5.91 Å². The molecule has 0 N–H and O–H groups in total. The molecule has 5 nitrogen and oxygen atoms in total. The second kappa shape index (κ2) is 6.27. The van der Waals surface area contributed by atoms with Crippen molar-refractivity contribution in [2.45, 2.75) is 25.8 Å². The predicted octanol–water partition coefficient (Wildman–Crippen LogP) is 1.60. The molecule has 0 unspecified atom stereocenters. The second-order valence-electron chi connectivity index (χ2n) is 5.25. The van der Waals surface area contributed by atoms with Gasteiger partial charge < -0.3 is 4.90 Å². The molecule has 1 saturated heterocycles. The number of rotatable bonds is 4. The molecule has 0 aromatic heterocycles. The van der Waals surface area contributed by atoms with Crippen molar-refractivity contribution in [2.75, 3.05) is 18.1 Å². The minimum Gasteiger partial charge on any atom is -0.335 e. The molecule has 112 valence electrons. The molecule has 1 aromatic rings. The Labute approximate surface area is 125 Å². The van der Waals surface area contributed by atoms with Gasteiger partial charge in [-0.2, -0.15) is 5.26 Å². The van der Waals surface area contributed by atoms with Crippen molar-refractivity contribution in [3.8, 4) is 6.07 Å². The Balaban J connectivity index is 2.25. The van der Waals surface area contributed by atoms with Gasteiger partial charge in [-0.3, -0.25) is 4.79 Å². The van der Waals surface area contributed by atoms with Crippen molar-refractivity contribution in [3.63, 3.8) is 0 Å². The van der Waals surface area contributed by atoms with Crippen LogP contribution in [0.4, 0.5) is 0 Å². The summed E-state index contributed by atoms with van der Waals surface area (Å²) in [6.45, 7) is 2.48. The zero-order valence-corrected chi connectivity index (χ0v) is 12.8. The lowest BCUT2D eigenvalue weighted by molar-refractivity contribution is 0.0697. The number of benzene rings is 1. The Morgan fingerprint density at radius 2 is 2.24 bits per heavy atom. The molecule has 0 bridgehead atoms. The van der Waals surface area contributed by atoms with Crippen LogP contribution in [0.2, 0.25) is 0 Å². The fourth-order valence-corrected chi connectivity index (χ4v) is 4.33. The molecule has 0 radical (unpaired) electrons. The minimum atomic E-state index is -3.03.